The molecule has 0 aromatic carbocycles. The summed E-state index contributed by atoms with van der Waals surface area (Å²) < 4.78 is 30.7. The molecule has 5 nitrogen and oxygen atoms in total. The molecule has 0 radical (unpaired) electrons. The van der Waals surface area contributed by atoms with Gasteiger partial charge in [-0.15, -0.1) is 0 Å². The van der Waals surface area contributed by atoms with Crippen LogP contribution in [0, 0.1) is 0 Å². The van der Waals surface area contributed by atoms with Crippen molar-refractivity contribution in [3.8, 4) is 0 Å². The number of halogens is 1. The van der Waals surface area contributed by atoms with Crippen LogP contribution in [0.5, 0.6) is 0 Å². The van der Waals surface area contributed by atoms with Crippen LogP contribution < -0.4 is 10.5 Å². The van der Waals surface area contributed by atoms with E-state index in [-0.39, 0.29) is 16.1 Å². The molecule has 3 N–H and O–H groups in total. The maximum atomic E-state index is 11.5. The largest absolute Gasteiger partial charge is 0.452 e. The van der Waals surface area contributed by atoms with E-state index in [0.717, 1.165) is 0 Å². The van der Waals surface area contributed by atoms with Gasteiger partial charge in [0.15, 0.2) is 4.67 Å². The molecule has 0 saturated heterocycles. The number of nitrogens with one attached hydrogen (secondary N) is 1. The number of hydrogen-bond donors (Lipinski definition) is 2. The summed E-state index contributed by atoms with van der Waals surface area (Å²) in [6.07, 6.45) is 0. The fourth-order valence-corrected chi connectivity index (χ4v) is 2.99. The Bertz CT molecular complexity index is 413. The Morgan fingerprint density at radius 3 is 2.71 bits per heavy atom. The third-order valence-electron chi connectivity index (χ3n) is 1.53. The molecule has 0 aliphatic rings. The molecule has 0 amide bonds. The van der Waals surface area contributed by atoms with Gasteiger partial charge in [-0.25, -0.2) is 13.1 Å². The molecule has 0 atom stereocenters. The quantitative estimate of drug-likeness (QED) is 0.855. The number of furan rings is 1. The molecular formula is C7H11BrN2O3S. The molecule has 80 valence electrons. The monoisotopic (exact) mass is 282 g/mol. The lowest BCUT2D eigenvalue weighted by atomic mass is 10.5. The molecule has 0 aliphatic carbocycles. The van der Waals surface area contributed by atoms with Crippen molar-refractivity contribution in [2.75, 3.05) is 6.54 Å². The van der Waals surface area contributed by atoms with E-state index in [9.17, 15) is 8.42 Å². The summed E-state index contributed by atoms with van der Waals surface area (Å²) in [5, 5.41) is 0. The van der Waals surface area contributed by atoms with Crippen LogP contribution in [0.2, 0.25) is 0 Å². The number of nitrogens with two attached hydrogens (primary N) is 1. The lowest BCUT2D eigenvalue weighted by molar-refractivity contribution is 0.483. The molecule has 1 rings (SSSR count). The highest BCUT2D eigenvalue weighted by molar-refractivity contribution is 9.10. The van der Waals surface area contributed by atoms with Crippen LogP contribution in [0.25, 0.3) is 0 Å². The average molecular weight is 283 g/mol. The molecule has 0 fully saturated rings. The van der Waals surface area contributed by atoms with Crippen molar-refractivity contribution in [1.29, 1.82) is 0 Å². The van der Waals surface area contributed by atoms with Crippen molar-refractivity contribution in [3.05, 3.63) is 16.5 Å². The standard InChI is InChI=1S/C7H11BrN2O3S/c1-2-10-14(11,12)6-3-5(4-9)13-7(6)8/h3,10H,2,4,9H2,1H3. The molecule has 7 heteroatoms. The van der Waals surface area contributed by atoms with Gasteiger partial charge in [0.05, 0.1) is 6.54 Å². The Labute approximate surface area is 90.8 Å². The molecule has 1 aromatic heterocycles. The van der Waals surface area contributed by atoms with Crippen molar-refractivity contribution in [1.82, 2.24) is 4.72 Å². The zero-order valence-electron chi connectivity index (χ0n) is 7.58. The molecule has 14 heavy (non-hydrogen) atoms. The molecular weight excluding hydrogens is 272 g/mol. The van der Waals surface area contributed by atoms with Gasteiger partial charge < -0.3 is 10.2 Å². The summed E-state index contributed by atoms with van der Waals surface area (Å²) >= 11 is 3.02. The molecule has 1 aromatic rings. The van der Waals surface area contributed by atoms with E-state index in [2.05, 4.69) is 20.7 Å². The van der Waals surface area contributed by atoms with E-state index in [1.807, 2.05) is 0 Å². The van der Waals surface area contributed by atoms with Gasteiger partial charge in [-0.3, -0.25) is 0 Å². The molecule has 0 aliphatic heterocycles. The lowest BCUT2D eigenvalue weighted by Gasteiger charge is -2.00. The Balaban J connectivity index is 3.12. The first-order valence-corrected chi connectivity index (χ1v) is 6.26. The van der Waals surface area contributed by atoms with Crippen LogP contribution in [0.1, 0.15) is 12.7 Å². The van der Waals surface area contributed by atoms with Crippen LogP contribution in [-0.4, -0.2) is 15.0 Å². The fourth-order valence-electron chi connectivity index (χ4n) is 0.949. The summed E-state index contributed by atoms with van der Waals surface area (Å²) in [7, 11) is -3.48. The summed E-state index contributed by atoms with van der Waals surface area (Å²) in [5.74, 6) is 0.424. The third-order valence-corrected chi connectivity index (χ3v) is 3.93. The van der Waals surface area contributed by atoms with Crippen molar-refractivity contribution in [3.63, 3.8) is 0 Å². The minimum absolute atomic E-state index is 0.0831. The van der Waals surface area contributed by atoms with Crippen LogP contribution in [0.3, 0.4) is 0 Å². The van der Waals surface area contributed by atoms with Crippen LogP contribution in [0.15, 0.2) is 20.0 Å². The molecule has 0 saturated carbocycles. The molecule has 1 heterocycles. The first kappa shape index (κ1) is 11.7. The van der Waals surface area contributed by atoms with Gasteiger partial charge in [0.25, 0.3) is 0 Å². The van der Waals surface area contributed by atoms with Crippen LogP contribution in [-0.2, 0) is 16.6 Å². The number of sulfonamides is 1. The Morgan fingerprint density at radius 2 is 2.29 bits per heavy atom. The van der Waals surface area contributed by atoms with E-state index in [0.29, 0.717) is 12.3 Å². The van der Waals surface area contributed by atoms with Crippen molar-refractivity contribution < 1.29 is 12.8 Å². The second-order valence-electron chi connectivity index (χ2n) is 2.56. The van der Waals surface area contributed by atoms with Crippen molar-refractivity contribution in [2.45, 2.75) is 18.4 Å². The van der Waals surface area contributed by atoms with Gasteiger partial charge in [0.1, 0.15) is 10.7 Å². The second kappa shape index (κ2) is 4.43. The summed E-state index contributed by atoms with van der Waals surface area (Å²) in [4.78, 5) is 0.0831. The average Bonchev–Trinajstić information content (AvgIpc) is 2.47. The first-order chi connectivity index (χ1) is 6.51. The van der Waals surface area contributed by atoms with E-state index in [1.165, 1.54) is 6.07 Å². The van der Waals surface area contributed by atoms with E-state index >= 15 is 0 Å². The minimum Gasteiger partial charge on any atom is -0.452 e. The summed E-state index contributed by atoms with van der Waals surface area (Å²) in [6, 6.07) is 1.40. The molecule has 0 unspecified atom stereocenters. The van der Waals surface area contributed by atoms with Gasteiger partial charge in [-0.2, -0.15) is 0 Å². The smallest absolute Gasteiger partial charge is 0.244 e. The molecule has 0 bridgehead atoms. The summed E-state index contributed by atoms with van der Waals surface area (Å²) in [5.41, 5.74) is 5.32. The van der Waals surface area contributed by atoms with Crippen molar-refractivity contribution >= 4 is 26.0 Å². The van der Waals surface area contributed by atoms with Gasteiger partial charge in [0.2, 0.25) is 10.0 Å². The Morgan fingerprint density at radius 1 is 1.64 bits per heavy atom. The van der Waals surface area contributed by atoms with E-state index < -0.39 is 10.0 Å². The second-order valence-corrected chi connectivity index (χ2v) is 5.01. The maximum Gasteiger partial charge on any atom is 0.244 e. The first-order valence-electron chi connectivity index (χ1n) is 3.99. The fraction of sp³-hybridized carbons (Fsp3) is 0.429. The molecule has 0 spiro atoms. The predicted molar refractivity (Wildman–Crippen MR) is 55.2 cm³/mol. The Kier molecular flexibility index (Phi) is 3.71. The van der Waals surface area contributed by atoms with Crippen molar-refractivity contribution in [2.24, 2.45) is 5.73 Å². The zero-order valence-corrected chi connectivity index (χ0v) is 9.98. The van der Waals surface area contributed by atoms with Gasteiger partial charge in [0, 0.05) is 12.6 Å². The number of hydrogen-bond acceptors (Lipinski definition) is 4. The SMILES string of the molecule is CCNS(=O)(=O)c1cc(CN)oc1Br. The number of rotatable bonds is 4. The van der Waals surface area contributed by atoms with Crippen LogP contribution in [0.4, 0.5) is 0 Å². The Hall–Kier alpha value is -0.370. The topological polar surface area (TPSA) is 85.3 Å². The van der Waals surface area contributed by atoms with Crippen LogP contribution >= 0.6 is 15.9 Å². The summed E-state index contributed by atoms with van der Waals surface area (Å²) in [6.45, 7) is 2.20. The zero-order chi connectivity index (χ0) is 10.8. The van der Waals surface area contributed by atoms with Gasteiger partial charge >= 0.3 is 0 Å². The maximum absolute atomic E-state index is 11.5. The van der Waals surface area contributed by atoms with Gasteiger partial charge in [-0.1, -0.05) is 6.92 Å². The lowest BCUT2D eigenvalue weighted by Crippen LogP contribution is -2.22. The highest BCUT2D eigenvalue weighted by Crippen LogP contribution is 2.25. The van der Waals surface area contributed by atoms with Gasteiger partial charge in [-0.05, 0) is 15.9 Å². The normalized spacial score (nSPS) is 11.9. The highest BCUT2D eigenvalue weighted by Gasteiger charge is 2.20. The van der Waals surface area contributed by atoms with E-state index in [4.69, 9.17) is 10.2 Å². The van der Waals surface area contributed by atoms with E-state index in [1.54, 1.807) is 6.92 Å². The minimum atomic E-state index is -3.48. The highest BCUT2D eigenvalue weighted by atomic mass is 79.9. The predicted octanol–water partition coefficient (Wildman–Crippen LogP) is 0.799. The third kappa shape index (κ3) is 2.35.